The molecular weight excluding hydrogens is 432 g/mol. The Bertz CT molecular complexity index is 746. The van der Waals surface area contributed by atoms with Crippen LogP contribution in [0.25, 0.3) is 0 Å². The summed E-state index contributed by atoms with van der Waals surface area (Å²) >= 11 is 0. The number of hydrogen-bond acceptors (Lipinski definition) is 5. The molecule has 0 aliphatic heterocycles. The number of amides is 2. The van der Waals surface area contributed by atoms with Gasteiger partial charge < -0.3 is 9.47 Å². The highest BCUT2D eigenvalue weighted by Crippen LogP contribution is 2.15. The van der Waals surface area contributed by atoms with Crippen molar-refractivity contribution in [2.75, 3.05) is 6.54 Å². The van der Waals surface area contributed by atoms with E-state index in [2.05, 4.69) is 17.0 Å². The van der Waals surface area contributed by atoms with E-state index < -0.39 is 23.4 Å². The van der Waals surface area contributed by atoms with Crippen LogP contribution in [0.3, 0.4) is 0 Å². The van der Waals surface area contributed by atoms with Crippen molar-refractivity contribution in [3.8, 4) is 0 Å². The maximum Gasteiger partial charge on any atom is 0.437 e. The number of nitrogens with zero attached hydrogens (tertiary/aromatic N) is 4. The van der Waals surface area contributed by atoms with Gasteiger partial charge in [-0.3, -0.25) is 0 Å². The van der Waals surface area contributed by atoms with Gasteiger partial charge in [0.1, 0.15) is 11.2 Å². The highest BCUT2D eigenvalue weighted by atomic mass is 16.6. The van der Waals surface area contributed by atoms with Crippen LogP contribution in [0, 0.1) is 0 Å². The second-order valence-electron chi connectivity index (χ2n) is 10.7. The molecule has 8 heteroatoms. The van der Waals surface area contributed by atoms with E-state index in [9.17, 15) is 9.59 Å². The van der Waals surface area contributed by atoms with Gasteiger partial charge in [-0.2, -0.15) is 5.10 Å². The Balaban J connectivity index is 2.85. The number of aliphatic imine (C=N–C) groups is 1. The van der Waals surface area contributed by atoms with Crippen molar-refractivity contribution in [2.24, 2.45) is 4.99 Å². The molecule has 0 saturated carbocycles. The highest BCUT2D eigenvalue weighted by Gasteiger charge is 2.28. The molecule has 0 bridgehead atoms. The van der Waals surface area contributed by atoms with Crippen LogP contribution in [0.15, 0.2) is 23.5 Å². The number of carbonyl (C=O) groups is 2. The van der Waals surface area contributed by atoms with E-state index in [1.165, 1.54) is 54.5 Å². The molecule has 1 aromatic heterocycles. The summed E-state index contributed by atoms with van der Waals surface area (Å²) in [5, 5.41) is 4.19. The van der Waals surface area contributed by atoms with Gasteiger partial charge in [0.25, 0.3) is 0 Å². The normalized spacial score (nSPS) is 12.5. The molecule has 1 rings (SSSR count). The van der Waals surface area contributed by atoms with Crippen molar-refractivity contribution in [1.29, 1.82) is 0 Å². The minimum atomic E-state index is -0.783. The first-order valence-corrected chi connectivity index (χ1v) is 12.7. The average Bonchev–Trinajstić information content (AvgIpc) is 3.22. The first-order valence-electron chi connectivity index (χ1n) is 12.7. The van der Waals surface area contributed by atoms with Crippen molar-refractivity contribution in [1.82, 2.24) is 14.7 Å². The summed E-state index contributed by atoms with van der Waals surface area (Å²) in [5.41, 5.74) is -1.39. The topological polar surface area (TPSA) is 86.0 Å². The van der Waals surface area contributed by atoms with Gasteiger partial charge >= 0.3 is 12.2 Å². The number of rotatable bonds is 11. The summed E-state index contributed by atoms with van der Waals surface area (Å²) in [6.07, 6.45) is 13.7. The van der Waals surface area contributed by atoms with Crippen LogP contribution < -0.4 is 0 Å². The van der Waals surface area contributed by atoms with Gasteiger partial charge in [0.2, 0.25) is 5.96 Å². The molecule has 0 unspecified atom stereocenters. The van der Waals surface area contributed by atoms with E-state index in [0.29, 0.717) is 6.54 Å². The molecule has 0 aliphatic rings. The largest absolute Gasteiger partial charge is 0.443 e. The van der Waals surface area contributed by atoms with Gasteiger partial charge in [0.05, 0.1) is 0 Å². The standard InChI is InChI=1S/C26H46N4O4/c1-8-9-10-11-12-13-14-15-16-17-20-29(24(32)34-26(5,6)7)22(30-21-18-19-27-30)28-23(31)33-25(2,3)4/h18-19,21H,8-17,20H2,1-7H3/b28-22+. The van der Waals surface area contributed by atoms with Crippen LogP contribution in [-0.4, -0.2) is 50.6 Å². The van der Waals surface area contributed by atoms with Gasteiger partial charge in [0.15, 0.2) is 0 Å². The molecule has 0 aromatic carbocycles. The van der Waals surface area contributed by atoms with Crippen LogP contribution in [0.1, 0.15) is 113 Å². The van der Waals surface area contributed by atoms with Gasteiger partial charge in [-0.1, -0.05) is 64.7 Å². The van der Waals surface area contributed by atoms with E-state index in [4.69, 9.17) is 9.47 Å². The molecule has 194 valence electrons. The molecule has 0 atom stereocenters. The molecule has 1 heterocycles. The lowest BCUT2D eigenvalue weighted by atomic mass is 10.1. The predicted octanol–water partition coefficient (Wildman–Crippen LogP) is 7.18. The SMILES string of the molecule is CCCCCCCCCCCCN(C(=O)OC(C)(C)C)/C(=N\C(=O)OC(C)(C)C)n1cccn1. The van der Waals surface area contributed by atoms with E-state index in [1.54, 1.807) is 39.2 Å². The van der Waals surface area contributed by atoms with E-state index in [-0.39, 0.29) is 5.96 Å². The van der Waals surface area contributed by atoms with Crippen molar-refractivity contribution in [3.63, 3.8) is 0 Å². The summed E-state index contributed by atoms with van der Waals surface area (Å²) in [7, 11) is 0. The second kappa shape index (κ2) is 14.8. The Hall–Kier alpha value is -2.38. The first-order chi connectivity index (χ1) is 15.9. The van der Waals surface area contributed by atoms with Crippen LogP contribution in [-0.2, 0) is 9.47 Å². The maximum absolute atomic E-state index is 13.1. The number of ether oxygens (including phenoxy) is 2. The minimum absolute atomic E-state index is 0.0735. The summed E-state index contributed by atoms with van der Waals surface area (Å²) in [4.78, 5) is 31.1. The molecule has 0 saturated heterocycles. The molecule has 0 N–H and O–H groups in total. The molecule has 1 aromatic rings. The Kier molecular flexibility index (Phi) is 12.9. The van der Waals surface area contributed by atoms with E-state index >= 15 is 0 Å². The van der Waals surface area contributed by atoms with Crippen LogP contribution in [0.5, 0.6) is 0 Å². The molecule has 0 aliphatic carbocycles. The third-order valence-electron chi connectivity index (χ3n) is 4.88. The fourth-order valence-electron chi connectivity index (χ4n) is 3.34. The van der Waals surface area contributed by atoms with Gasteiger partial charge in [0, 0.05) is 18.9 Å². The highest BCUT2D eigenvalue weighted by molar-refractivity contribution is 5.99. The molecule has 0 radical (unpaired) electrons. The zero-order chi connectivity index (χ0) is 25.6. The number of aromatic nitrogens is 2. The van der Waals surface area contributed by atoms with Gasteiger partial charge in [-0.05, 0) is 54.0 Å². The first kappa shape index (κ1) is 29.7. The zero-order valence-corrected chi connectivity index (χ0v) is 22.4. The molecule has 0 spiro atoms. The van der Waals surface area contributed by atoms with E-state index in [1.807, 2.05) is 20.8 Å². The Labute approximate surface area is 206 Å². The van der Waals surface area contributed by atoms with Crippen molar-refractivity contribution < 1.29 is 19.1 Å². The zero-order valence-electron chi connectivity index (χ0n) is 22.4. The van der Waals surface area contributed by atoms with Crippen LogP contribution >= 0.6 is 0 Å². The van der Waals surface area contributed by atoms with Crippen LogP contribution in [0.2, 0.25) is 0 Å². The van der Waals surface area contributed by atoms with Gasteiger partial charge in [-0.25, -0.2) is 19.2 Å². The third kappa shape index (κ3) is 13.4. The third-order valence-corrected chi connectivity index (χ3v) is 4.88. The Morgan fingerprint density at radius 3 is 1.85 bits per heavy atom. The number of carbonyl (C=O) groups excluding carboxylic acids is 2. The summed E-state index contributed by atoms with van der Waals surface area (Å²) in [5.74, 6) is 0.0735. The monoisotopic (exact) mass is 478 g/mol. The molecular formula is C26H46N4O4. The molecule has 0 fully saturated rings. The molecule has 34 heavy (non-hydrogen) atoms. The fourth-order valence-corrected chi connectivity index (χ4v) is 3.34. The predicted molar refractivity (Wildman–Crippen MR) is 136 cm³/mol. The van der Waals surface area contributed by atoms with Crippen LogP contribution in [0.4, 0.5) is 9.59 Å². The average molecular weight is 479 g/mol. The summed E-state index contributed by atoms with van der Waals surface area (Å²) < 4.78 is 12.4. The second-order valence-corrected chi connectivity index (χ2v) is 10.7. The number of unbranched alkanes of at least 4 members (excludes halogenated alkanes) is 9. The summed E-state index contributed by atoms with van der Waals surface area (Å²) in [6, 6.07) is 1.71. The van der Waals surface area contributed by atoms with Crippen molar-refractivity contribution in [3.05, 3.63) is 18.5 Å². The maximum atomic E-state index is 13.1. The quantitative estimate of drug-likeness (QED) is 0.191. The lowest BCUT2D eigenvalue weighted by Crippen LogP contribution is -2.45. The van der Waals surface area contributed by atoms with Crippen molar-refractivity contribution >= 4 is 18.1 Å². The Morgan fingerprint density at radius 2 is 1.38 bits per heavy atom. The lowest BCUT2D eigenvalue weighted by Gasteiger charge is -2.28. The fraction of sp³-hybridized carbons (Fsp3) is 0.769. The minimum Gasteiger partial charge on any atom is -0.443 e. The smallest absolute Gasteiger partial charge is 0.437 e. The lowest BCUT2D eigenvalue weighted by molar-refractivity contribution is 0.0359. The van der Waals surface area contributed by atoms with Gasteiger partial charge in [-0.15, -0.1) is 4.99 Å². The number of hydrogen-bond donors (Lipinski definition) is 0. The molecule has 2 amide bonds. The van der Waals surface area contributed by atoms with Crippen molar-refractivity contribution in [2.45, 2.75) is 124 Å². The Morgan fingerprint density at radius 1 is 0.853 bits per heavy atom. The molecule has 8 nitrogen and oxygen atoms in total. The van der Waals surface area contributed by atoms with E-state index in [0.717, 1.165) is 19.3 Å². The summed E-state index contributed by atoms with van der Waals surface area (Å²) in [6.45, 7) is 13.3.